The van der Waals surface area contributed by atoms with Crippen molar-refractivity contribution in [2.24, 2.45) is 0 Å². The molecule has 19 heavy (non-hydrogen) atoms. The second kappa shape index (κ2) is 6.87. The van der Waals surface area contributed by atoms with Crippen LogP contribution in [0.4, 0.5) is 0 Å². The molecule has 98 valence electrons. The smallest absolute Gasteiger partial charge is 0.209 e. The van der Waals surface area contributed by atoms with Crippen LogP contribution >= 0.6 is 11.8 Å². The summed E-state index contributed by atoms with van der Waals surface area (Å²) in [5, 5.41) is 24.3. The van der Waals surface area contributed by atoms with E-state index >= 15 is 0 Å². The highest BCUT2D eigenvalue weighted by Crippen LogP contribution is 2.20. The highest BCUT2D eigenvalue weighted by atomic mass is 32.2. The van der Waals surface area contributed by atoms with Gasteiger partial charge in [0.05, 0.1) is 18.2 Å². The number of nitrogens with one attached hydrogen (secondary N) is 1. The minimum absolute atomic E-state index is 0.674. The molecule has 0 saturated heterocycles. The van der Waals surface area contributed by atoms with Crippen LogP contribution in [0.5, 0.6) is 0 Å². The van der Waals surface area contributed by atoms with Crippen LogP contribution in [0.3, 0.4) is 0 Å². The number of nitrogens with zero attached hydrogens (tertiary/aromatic N) is 5. The van der Waals surface area contributed by atoms with Crippen LogP contribution in [0.2, 0.25) is 0 Å². The third-order valence-electron chi connectivity index (χ3n) is 2.50. The Hall–Kier alpha value is -1.91. The topological polar surface area (TPSA) is 79.4 Å². The van der Waals surface area contributed by atoms with E-state index in [1.807, 2.05) is 25.2 Å². The normalized spacial score (nSPS) is 10.3. The number of nitriles is 1. The number of likely N-dealkylation sites (N-methyl/N-ethyl adjacent to an activating group) is 1. The minimum Gasteiger partial charge on any atom is -0.318 e. The van der Waals surface area contributed by atoms with Crippen molar-refractivity contribution in [3.63, 3.8) is 0 Å². The van der Waals surface area contributed by atoms with Crippen molar-refractivity contribution in [3.05, 3.63) is 35.4 Å². The van der Waals surface area contributed by atoms with E-state index in [4.69, 9.17) is 5.26 Å². The molecule has 0 saturated carbocycles. The third-order valence-corrected chi connectivity index (χ3v) is 3.52. The minimum atomic E-state index is 0.674. The number of rotatable bonds is 6. The second-order valence-electron chi connectivity index (χ2n) is 3.89. The van der Waals surface area contributed by atoms with Crippen molar-refractivity contribution in [2.75, 3.05) is 13.6 Å². The van der Waals surface area contributed by atoms with Gasteiger partial charge >= 0.3 is 0 Å². The fourth-order valence-corrected chi connectivity index (χ4v) is 2.38. The Morgan fingerprint density at radius 3 is 3.16 bits per heavy atom. The summed E-state index contributed by atoms with van der Waals surface area (Å²) in [4.78, 5) is 0. The first kappa shape index (κ1) is 13.5. The molecular weight excluding hydrogens is 260 g/mol. The van der Waals surface area contributed by atoms with Gasteiger partial charge in [-0.15, -0.1) is 5.10 Å². The molecular formula is C12H14N6S. The summed E-state index contributed by atoms with van der Waals surface area (Å²) in [5.41, 5.74) is 1.76. The lowest BCUT2D eigenvalue weighted by Crippen LogP contribution is -2.16. The number of benzene rings is 1. The average Bonchev–Trinajstić information content (AvgIpc) is 2.90. The summed E-state index contributed by atoms with van der Waals surface area (Å²) in [6.45, 7) is 1.56. The van der Waals surface area contributed by atoms with Gasteiger partial charge in [0.25, 0.3) is 0 Å². The molecule has 0 aliphatic carbocycles. The van der Waals surface area contributed by atoms with Gasteiger partial charge in [-0.3, -0.25) is 0 Å². The highest BCUT2D eigenvalue weighted by Gasteiger charge is 2.06. The molecule has 0 unspecified atom stereocenters. The number of thioether (sulfide) groups is 1. The van der Waals surface area contributed by atoms with Crippen molar-refractivity contribution in [1.82, 2.24) is 25.5 Å². The maximum atomic E-state index is 8.86. The molecule has 2 rings (SSSR count). The van der Waals surface area contributed by atoms with E-state index in [-0.39, 0.29) is 0 Å². The van der Waals surface area contributed by atoms with E-state index in [0.29, 0.717) is 5.56 Å². The molecule has 0 bridgehead atoms. The summed E-state index contributed by atoms with van der Waals surface area (Å²) in [6, 6.07) is 9.70. The van der Waals surface area contributed by atoms with Crippen LogP contribution in [0, 0.1) is 11.3 Å². The number of tetrazole rings is 1. The SMILES string of the molecule is CNCCn1nnnc1SCc1cccc(C#N)c1. The first-order valence-corrected chi connectivity index (χ1v) is 6.84. The van der Waals surface area contributed by atoms with Crippen molar-refractivity contribution < 1.29 is 0 Å². The van der Waals surface area contributed by atoms with E-state index in [1.54, 1.807) is 22.5 Å². The predicted molar refractivity (Wildman–Crippen MR) is 72.5 cm³/mol. The lowest BCUT2D eigenvalue weighted by Gasteiger charge is -2.04. The van der Waals surface area contributed by atoms with Crippen molar-refractivity contribution in [1.29, 1.82) is 5.26 Å². The second-order valence-corrected chi connectivity index (χ2v) is 4.83. The van der Waals surface area contributed by atoms with Crippen LogP contribution in [-0.4, -0.2) is 33.8 Å². The number of aromatic nitrogens is 4. The summed E-state index contributed by atoms with van der Waals surface area (Å²) >= 11 is 1.57. The van der Waals surface area contributed by atoms with Gasteiger partial charge in [-0.05, 0) is 35.2 Å². The molecule has 0 amide bonds. The van der Waals surface area contributed by atoms with Crippen molar-refractivity contribution in [3.8, 4) is 6.07 Å². The average molecular weight is 274 g/mol. The zero-order valence-electron chi connectivity index (χ0n) is 10.6. The summed E-state index contributed by atoms with van der Waals surface area (Å²) in [5.74, 6) is 0.745. The summed E-state index contributed by atoms with van der Waals surface area (Å²) in [7, 11) is 1.89. The Balaban J connectivity index is 1.98. The van der Waals surface area contributed by atoms with Gasteiger partial charge in [0.1, 0.15) is 0 Å². The molecule has 0 spiro atoms. The van der Waals surface area contributed by atoms with Gasteiger partial charge in [-0.25, -0.2) is 4.68 Å². The Morgan fingerprint density at radius 1 is 1.47 bits per heavy atom. The Bertz CT molecular complexity index is 574. The Kier molecular flexibility index (Phi) is 4.89. The molecule has 1 aromatic heterocycles. The molecule has 0 aliphatic heterocycles. The molecule has 1 N–H and O–H groups in total. The van der Waals surface area contributed by atoms with E-state index in [0.717, 1.165) is 29.6 Å². The van der Waals surface area contributed by atoms with Gasteiger partial charge in [-0.2, -0.15) is 5.26 Å². The van der Waals surface area contributed by atoms with E-state index in [9.17, 15) is 0 Å². The third kappa shape index (κ3) is 3.77. The lowest BCUT2D eigenvalue weighted by atomic mass is 10.2. The molecule has 0 aliphatic rings. The monoisotopic (exact) mass is 274 g/mol. The summed E-state index contributed by atoms with van der Waals surface area (Å²) in [6.07, 6.45) is 0. The van der Waals surface area contributed by atoms with Gasteiger partial charge < -0.3 is 5.32 Å². The predicted octanol–water partition coefficient (Wildman–Crippen LogP) is 1.06. The van der Waals surface area contributed by atoms with E-state index < -0.39 is 0 Å². The molecule has 0 atom stereocenters. The quantitative estimate of drug-likeness (QED) is 0.793. The maximum absolute atomic E-state index is 8.86. The van der Waals surface area contributed by atoms with Gasteiger partial charge in [0, 0.05) is 12.3 Å². The van der Waals surface area contributed by atoms with Gasteiger partial charge in [0.2, 0.25) is 5.16 Å². The number of hydrogen-bond donors (Lipinski definition) is 1. The van der Waals surface area contributed by atoms with Crippen LogP contribution in [0.25, 0.3) is 0 Å². The molecule has 7 heteroatoms. The lowest BCUT2D eigenvalue weighted by molar-refractivity contribution is 0.530. The van der Waals surface area contributed by atoms with Crippen molar-refractivity contribution >= 4 is 11.8 Å². The number of hydrogen-bond acceptors (Lipinski definition) is 6. The molecule has 0 fully saturated rings. The van der Waals surface area contributed by atoms with Crippen LogP contribution in [-0.2, 0) is 12.3 Å². The molecule has 2 aromatic rings. The first-order chi connectivity index (χ1) is 9.33. The molecule has 1 aromatic carbocycles. The van der Waals surface area contributed by atoms with E-state index in [2.05, 4.69) is 26.9 Å². The molecule has 1 heterocycles. The van der Waals surface area contributed by atoms with Gasteiger partial charge in [0.15, 0.2) is 0 Å². The van der Waals surface area contributed by atoms with Crippen LogP contribution in [0.1, 0.15) is 11.1 Å². The van der Waals surface area contributed by atoms with Crippen LogP contribution in [0.15, 0.2) is 29.4 Å². The van der Waals surface area contributed by atoms with Gasteiger partial charge in [-0.1, -0.05) is 23.9 Å². The van der Waals surface area contributed by atoms with Crippen LogP contribution < -0.4 is 5.32 Å². The standard InChI is InChI=1S/C12H14N6S/c1-14-5-6-18-12(15-16-17-18)19-9-11-4-2-3-10(7-11)8-13/h2-4,7,14H,5-6,9H2,1H3. The van der Waals surface area contributed by atoms with Crippen molar-refractivity contribution in [2.45, 2.75) is 17.5 Å². The van der Waals surface area contributed by atoms with E-state index in [1.165, 1.54) is 0 Å². The Labute approximate surface area is 115 Å². The summed E-state index contributed by atoms with van der Waals surface area (Å²) < 4.78 is 1.77. The first-order valence-electron chi connectivity index (χ1n) is 5.86. The zero-order valence-corrected chi connectivity index (χ0v) is 11.4. The Morgan fingerprint density at radius 2 is 2.37 bits per heavy atom. The largest absolute Gasteiger partial charge is 0.318 e. The highest BCUT2D eigenvalue weighted by molar-refractivity contribution is 7.98. The fourth-order valence-electron chi connectivity index (χ4n) is 1.54. The zero-order chi connectivity index (χ0) is 13.5. The maximum Gasteiger partial charge on any atom is 0.209 e. The molecule has 0 radical (unpaired) electrons. The molecule has 6 nitrogen and oxygen atoms in total. The fraction of sp³-hybridized carbons (Fsp3) is 0.333.